The minimum atomic E-state index is -3.50. The van der Waals surface area contributed by atoms with Gasteiger partial charge in [-0.3, -0.25) is 0 Å². The van der Waals surface area contributed by atoms with E-state index >= 15 is 0 Å². The van der Waals surface area contributed by atoms with Crippen LogP contribution < -0.4 is 10.5 Å². The average Bonchev–Trinajstić information content (AvgIpc) is 3.01. The van der Waals surface area contributed by atoms with E-state index in [1.165, 1.54) is 37.6 Å². The molecule has 4 atom stereocenters. The van der Waals surface area contributed by atoms with Crippen molar-refractivity contribution in [3.8, 4) is 0 Å². The smallest absolute Gasteiger partial charge is 0.242 e. The Morgan fingerprint density at radius 3 is 2.70 bits per heavy atom. The van der Waals surface area contributed by atoms with Crippen LogP contribution in [0.3, 0.4) is 0 Å². The number of hydrogen-bond donors (Lipinski definition) is 2. The number of nitrogens with zero attached hydrogens (tertiary/aromatic N) is 1. The van der Waals surface area contributed by atoms with Crippen molar-refractivity contribution in [2.24, 2.45) is 17.8 Å². The van der Waals surface area contributed by atoms with Gasteiger partial charge in [-0.1, -0.05) is 6.42 Å². The molecule has 110 valence electrons. The highest BCUT2D eigenvalue weighted by molar-refractivity contribution is 7.89. The maximum atomic E-state index is 12.3. The first-order valence-electron chi connectivity index (χ1n) is 7.19. The zero-order valence-corrected chi connectivity index (χ0v) is 12.4. The fourth-order valence-electron chi connectivity index (χ4n) is 3.86. The molecule has 0 aromatic carbocycles. The minimum Gasteiger partial charge on any atom is -0.384 e. The number of nitrogens with one attached hydrogen (secondary N) is 1. The Bertz CT molecular complexity index is 585. The van der Waals surface area contributed by atoms with Gasteiger partial charge < -0.3 is 5.73 Å². The summed E-state index contributed by atoms with van der Waals surface area (Å²) in [6.07, 6.45) is 6.33. The van der Waals surface area contributed by atoms with E-state index in [0.29, 0.717) is 17.7 Å². The van der Waals surface area contributed by atoms with E-state index < -0.39 is 10.0 Å². The third-order valence-corrected chi connectivity index (χ3v) is 6.39. The number of fused-ring (bicyclic) bond motifs is 2. The molecule has 0 radical (unpaired) electrons. The Kier molecular flexibility index (Phi) is 3.46. The largest absolute Gasteiger partial charge is 0.384 e. The molecule has 2 fully saturated rings. The van der Waals surface area contributed by atoms with Crippen LogP contribution in [0.2, 0.25) is 0 Å². The van der Waals surface area contributed by atoms with Gasteiger partial charge >= 0.3 is 0 Å². The second kappa shape index (κ2) is 5.00. The number of rotatable bonds is 4. The molecule has 1 aromatic rings. The average molecular weight is 295 g/mol. The Morgan fingerprint density at radius 1 is 1.35 bits per heavy atom. The summed E-state index contributed by atoms with van der Waals surface area (Å²) in [6, 6.07) is 2.99. The van der Waals surface area contributed by atoms with Gasteiger partial charge in [-0.25, -0.2) is 18.1 Å². The number of nitrogens with two attached hydrogens (primary N) is 1. The Morgan fingerprint density at radius 2 is 2.15 bits per heavy atom. The number of hydrogen-bond acceptors (Lipinski definition) is 4. The molecule has 0 amide bonds. The summed E-state index contributed by atoms with van der Waals surface area (Å²) in [4.78, 5) is 4.03. The standard InChI is InChI=1S/C14H21N3O2S/c1-9(13-7-10-2-3-11(13)6-10)17-20(18,19)12-4-5-14(15)16-8-12/h4-5,8-11,13,17H,2-3,6-7H2,1H3,(H2,15,16). The first-order valence-corrected chi connectivity index (χ1v) is 8.68. The molecule has 2 aliphatic rings. The van der Waals surface area contributed by atoms with Crippen LogP contribution >= 0.6 is 0 Å². The van der Waals surface area contributed by atoms with Crippen molar-refractivity contribution in [3.05, 3.63) is 18.3 Å². The molecule has 5 nitrogen and oxygen atoms in total. The second-order valence-corrected chi connectivity index (χ2v) is 7.88. The van der Waals surface area contributed by atoms with Crippen molar-refractivity contribution >= 4 is 15.8 Å². The molecule has 20 heavy (non-hydrogen) atoms. The Balaban J connectivity index is 1.71. The quantitative estimate of drug-likeness (QED) is 0.886. The number of sulfonamides is 1. The van der Waals surface area contributed by atoms with Gasteiger partial charge in [0, 0.05) is 12.2 Å². The van der Waals surface area contributed by atoms with Gasteiger partial charge in [-0.2, -0.15) is 0 Å². The normalized spacial score (nSPS) is 30.6. The molecule has 0 spiro atoms. The molecule has 2 aliphatic carbocycles. The Labute approximate surface area is 120 Å². The lowest BCUT2D eigenvalue weighted by Crippen LogP contribution is -2.40. The third kappa shape index (κ3) is 2.54. The van der Waals surface area contributed by atoms with Crippen LogP contribution in [0.15, 0.2) is 23.2 Å². The third-order valence-electron chi connectivity index (χ3n) is 4.85. The van der Waals surface area contributed by atoms with Crippen LogP contribution in [0.1, 0.15) is 32.6 Å². The van der Waals surface area contributed by atoms with Crippen LogP contribution in [0, 0.1) is 17.8 Å². The predicted octanol–water partition coefficient (Wildman–Crippen LogP) is 1.77. The molecule has 0 aliphatic heterocycles. The zero-order valence-electron chi connectivity index (χ0n) is 11.6. The van der Waals surface area contributed by atoms with E-state index in [4.69, 9.17) is 5.73 Å². The first kappa shape index (κ1) is 13.8. The summed E-state index contributed by atoms with van der Waals surface area (Å²) in [5, 5.41) is 0. The van der Waals surface area contributed by atoms with Gasteiger partial charge in [0.25, 0.3) is 0 Å². The number of nitrogen functional groups attached to an aromatic ring is 1. The van der Waals surface area contributed by atoms with Gasteiger partial charge in [-0.15, -0.1) is 0 Å². The molecule has 6 heteroatoms. The maximum absolute atomic E-state index is 12.3. The van der Waals surface area contributed by atoms with E-state index in [2.05, 4.69) is 9.71 Å². The van der Waals surface area contributed by atoms with Crippen molar-refractivity contribution in [1.82, 2.24) is 9.71 Å². The highest BCUT2D eigenvalue weighted by Crippen LogP contribution is 2.49. The van der Waals surface area contributed by atoms with E-state index in [0.717, 1.165) is 12.3 Å². The lowest BCUT2D eigenvalue weighted by molar-refractivity contribution is 0.280. The van der Waals surface area contributed by atoms with Crippen molar-refractivity contribution in [2.45, 2.75) is 43.5 Å². The highest BCUT2D eigenvalue weighted by atomic mass is 32.2. The summed E-state index contributed by atoms with van der Waals surface area (Å²) in [6.45, 7) is 1.98. The van der Waals surface area contributed by atoms with Crippen LogP contribution in [-0.2, 0) is 10.0 Å². The van der Waals surface area contributed by atoms with Crippen molar-refractivity contribution < 1.29 is 8.42 Å². The molecule has 3 N–H and O–H groups in total. The van der Waals surface area contributed by atoms with Crippen LogP contribution in [0.25, 0.3) is 0 Å². The second-order valence-electron chi connectivity index (χ2n) is 6.17. The SMILES string of the molecule is CC(NS(=O)(=O)c1ccc(N)nc1)C1CC2CCC1C2. The predicted molar refractivity (Wildman–Crippen MR) is 77.4 cm³/mol. The van der Waals surface area contributed by atoms with Gasteiger partial charge in [0.1, 0.15) is 10.7 Å². The topological polar surface area (TPSA) is 85.1 Å². The van der Waals surface area contributed by atoms with Crippen molar-refractivity contribution in [2.75, 3.05) is 5.73 Å². The summed E-state index contributed by atoms with van der Waals surface area (Å²) < 4.78 is 27.5. The van der Waals surface area contributed by atoms with E-state index in [9.17, 15) is 8.42 Å². The summed E-state index contributed by atoms with van der Waals surface area (Å²) in [5.74, 6) is 2.31. The molecule has 1 heterocycles. The molecule has 1 aromatic heterocycles. The molecule has 0 saturated heterocycles. The summed E-state index contributed by atoms with van der Waals surface area (Å²) in [5.41, 5.74) is 5.49. The van der Waals surface area contributed by atoms with Gasteiger partial charge in [0.2, 0.25) is 10.0 Å². The molecule has 3 rings (SSSR count). The van der Waals surface area contributed by atoms with E-state index in [-0.39, 0.29) is 10.9 Å². The lowest BCUT2D eigenvalue weighted by atomic mass is 9.84. The molecule has 4 unspecified atom stereocenters. The van der Waals surface area contributed by atoms with Crippen LogP contribution in [-0.4, -0.2) is 19.4 Å². The highest BCUT2D eigenvalue weighted by Gasteiger charge is 2.42. The zero-order chi connectivity index (χ0) is 14.3. The summed E-state index contributed by atoms with van der Waals surface area (Å²) >= 11 is 0. The van der Waals surface area contributed by atoms with Crippen LogP contribution in [0.4, 0.5) is 5.82 Å². The van der Waals surface area contributed by atoms with E-state index in [1.807, 2.05) is 6.92 Å². The molecular formula is C14H21N3O2S. The van der Waals surface area contributed by atoms with Crippen LogP contribution in [0.5, 0.6) is 0 Å². The van der Waals surface area contributed by atoms with Gasteiger partial charge in [-0.05, 0) is 56.1 Å². The number of anilines is 1. The molecule has 2 saturated carbocycles. The van der Waals surface area contributed by atoms with Gasteiger partial charge in [0.15, 0.2) is 0 Å². The first-order chi connectivity index (χ1) is 9.45. The maximum Gasteiger partial charge on any atom is 0.242 e. The van der Waals surface area contributed by atoms with Crippen molar-refractivity contribution in [1.29, 1.82) is 0 Å². The van der Waals surface area contributed by atoms with E-state index in [1.54, 1.807) is 0 Å². The number of aromatic nitrogens is 1. The summed E-state index contributed by atoms with van der Waals surface area (Å²) in [7, 11) is -3.50. The van der Waals surface area contributed by atoms with Gasteiger partial charge in [0.05, 0.1) is 0 Å². The number of pyridine rings is 1. The van der Waals surface area contributed by atoms with Crippen molar-refractivity contribution in [3.63, 3.8) is 0 Å². The Hall–Kier alpha value is -1.14. The fourth-order valence-corrected chi connectivity index (χ4v) is 5.10. The fraction of sp³-hybridized carbons (Fsp3) is 0.643. The lowest BCUT2D eigenvalue weighted by Gasteiger charge is -2.28. The molecular weight excluding hydrogens is 274 g/mol. The monoisotopic (exact) mass is 295 g/mol. The minimum absolute atomic E-state index is 0.0205. The molecule has 2 bridgehead atoms.